The van der Waals surface area contributed by atoms with Gasteiger partial charge in [0.25, 0.3) is 0 Å². The Balaban J connectivity index is 1.69. The first-order valence-electron chi connectivity index (χ1n) is 8.47. The molecule has 136 valence electrons. The number of sulfonamides is 1. The summed E-state index contributed by atoms with van der Waals surface area (Å²) in [6, 6.07) is 9.53. The second-order valence-corrected chi connectivity index (χ2v) is 9.05. The SMILES string of the molecule is CS(=O)(=O)N1CCC[C@H](c2cccc(-c3cnc4ccc(Cl)cn34)n2)C1. The Morgan fingerprint density at radius 3 is 2.88 bits per heavy atom. The lowest BCUT2D eigenvalue weighted by atomic mass is 9.95. The van der Waals surface area contributed by atoms with E-state index in [0.29, 0.717) is 18.1 Å². The zero-order valence-corrected chi connectivity index (χ0v) is 15.9. The average molecular weight is 391 g/mol. The number of nitrogens with zero attached hydrogens (tertiary/aromatic N) is 4. The number of rotatable bonds is 3. The molecule has 26 heavy (non-hydrogen) atoms. The summed E-state index contributed by atoms with van der Waals surface area (Å²) in [5.41, 5.74) is 3.37. The molecule has 1 fully saturated rings. The van der Waals surface area contributed by atoms with E-state index in [1.807, 2.05) is 34.9 Å². The molecule has 0 aromatic carbocycles. The summed E-state index contributed by atoms with van der Waals surface area (Å²) in [4.78, 5) is 9.21. The van der Waals surface area contributed by atoms with Crippen LogP contribution in [0.4, 0.5) is 0 Å². The fraction of sp³-hybridized carbons (Fsp3) is 0.333. The summed E-state index contributed by atoms with van der Waals surface area (Å²) in [6.45, 7) is 1.06. The fourth-order valence-electron chi connectivity index (χ4n) is 3.45. The number of hydrogen-bond donors (Lipinski definition) is 0. The molecule has 1 aliphatic heterocycles. The minimum absolute atomic E-state index is 0.0983. The van der Waals surface area contributed by atoms with Crippen molar-refractivity contribution < 1.29 is 8.42 Å². The predicted octanol–water partition coefficient (Wildman–Crippen LogP) is 3.19. The second kappa shape index (κ2) is 6.64. The van der Waals surface area contributed by atoms with Gasteiger partial charge in [0.15, 0.2) is 0 Å². The van der Waals surface area contributed by atoms with Gasteiger partial charge >= 0.3 is 0 Å². The van der Waals surface area contributed by atoms with Crippen molar-refractivity contribution in [3.05, 3.63) is 53.4 Å². The van der Waals surface area contributed by atoms with Crippen LogP contribution in [0.5, 0.6) is 0 Å². The average Bonchev–Trinajstić information content (AvgIpc) is 3.04. The van der Waals surface area contributed by atoms with Gasteiger partial charge in [-0.1, -0.05) is 17.7 Å². The number of halogens is 1. The maximum atomic E-state index is 11.9. The highest BCUT2D eigenvalue weighted by Crippen LogP contribution is 2.29. The summed E-state index contributed by atoms with van der Waals surface area (Å²) in [6.07, 6.45) is 6.64. The number of imidazole rings is 1. The molecule has 4 heterocycles. The van der Waals surface area contributed by atoms with Crippen molar-refractivity contribution >= 4 is 27.3 Å². The molecule has 0 aliphatic carbocycles. The number of aromatic nitrogens is 3. The first-order valence-corrected chi connectivity index (χ1v) is 10.7. The van der Waals surface area contributed by atoms with Crippen LogP contribution in [0.25, 0.3) is 17.0 Å². The minimum atomic E-state index is -3.18. The molecule has 1 aliphatic rings. The maximum absolute atomic E-state index is 11.9. The topological polar surface area (TPSA) is 67.6 Å². The van der Waals surface area contributed by atoms with Gasteiger partial charge in [-0.05, 0) is 37.1 Å². The Kier molecular flexibility index (Phi) is 4.46. The molecule has 0 N–H and O–H groups in total. The maximum Gasteiger partial charge on any atom is 0.211 e. The van der Waals surface area contributed by atoms with Gasteiger partial charge in [0, 0.05) is 30.9 Å². The van der Waals surface area contributed by atoms with E-state index in [0.717, 1.165) is 35.6 Å². The van der Waals surface area contributed by atoms with E-state index in [-0.39, 0.29) is 5.92 Å². The van der Waals surface area contributed by atoms with Crippen molar-refractivity contribution in [1.82, 2.24) is 18.7 Å². The van der Waals surface area contributed by atoms with Crippen LogP contribution in [0.15, 0.2) is 42.7 Å². The van der Waals surface area contributed by atoms with Crippen molar-refractivity contribution in [2.24, 2.45) is 0 Å². The van der Waals surface area contributed by atoms with E-state index >= 15 is 0 Å². The molecular formula is C18H19ClN4O2S. The van der Waals surface area contributed by atoms with Crippen LogP contribution in [0.3, 0.4) is 0 Å². The Morgan fingerprint density at radius 1 is 1.23 bits per heavy atom. The van der Waals surface area contributed by atoms with Crippen LogP contribution >= 0.6 is 11.6 Å². The van der Waals surface area contributed by atoms with Gasteiger partial charge in [0.1, 0.15) is 5.65 Å². The molecule has 0 spiro atoms. The van der Waals surface area contributed by atoms with Crippen molar-refractivity contribution in [3.8, 4) is 11.4 Å². The van der Waals surface area contributed by atoms with E-state index in [1.54, 1.807) is 16.6 Å². The largest absolute Gasteiger partial charge is 0.297 e. The number of fused-ring (bicyclic) bond motifs is 1. The van der Waals surface area contributed by atoms with E-state index in [2.05, 4.69) is 4.98 Å². The van der Waals surface area contributed by atoms with Gasteiger partial charge in [0.2, 0.25) is 10.0 Å². The number of piperidine rings is 1. The fourth-order valence-corrected chi connectivity index (χ4v) is 4.52. The molecule has 1 saturated heterocycles. The van der Waals surface area contributed by atoms with Gasteiger partial charge in [-0.25, -0.2) is 17.7 Å². The summed E-state index contributed by atoms with van der Waals surface area (Å²) in [5.74, 6) is 0.0983. The molecule has 3 aromatic heterocycles. The lowest BCUT2D eigenvalue weighted by Crippen LogP contribution is -2.38. The normalized spacial score (nSPS) is 19.1. The number of hydrogen-bond acceptors (Lipinski definition) is 4. The summed E-state index contributed by atoms with van der Waals surface area (Å²) in [7, 11) is -3.18. The van der Waals surface area contributed by atoms with Gasteiger partial charge in [-0.15, -0.1) is 0 Å². The lowest BCUT2D eigenvalue weighted by molar-refractivity contribution is 0.314. The quantitative estimate of drug-likeness (QED) is 0.688. The Morgan fingerprint density at radius 2 is 2.08 bits per heavy atom. The van der Waals surface area contributed by atoms with E-state index in [1.165, 1.54) is 6.26 Å². The molecule has 0 amide bonds. The zero-order chi connectivity index (χ0) is 18.3. The van der Waals surface area contributed by atoms with Gasteiger partial charge < -0.3 is 0 Å². The predicted molar refractivity (Wildman–Crippen MR) is 102 cm³/mol. The lowest BCUT2D eigenvalue weighted by Gasteiger charge is -2.30. The molecule has 0 bridgehead atoms. The Labute approximate surface area is 157 Å². The monoisotopic (exact) mass is 390 g/mol. The third-order valence-corrected chi connectivity index (χ3v) is 6.27. The highest BCUT2D eigenvalue weighted by Gasteiger charge is 2.27. The molecule has 0 saturated carbocycles. The van der Waals surface area contributed by atoms with Gasteiger partial charge in [0.05, 0.1) is 28.9 Å². The molecule has 6 nitrogen and oxygen atoms in total. The van der Waals surface area contributed by atoms with Crippen molar-refractivity contribution in [3.63, 3.8) is 0 Å². The van der Waals surface area contributed by atoms with Crippen molar-refractivity contribution in [1.29, 1.82) is 0 Å². The van der Waals surface area contributed by atoms with Crippen LogP contribution in [-0.4, -0.2) is 46.4 Å². The van der Waals surface area contributed by atoms with Crippen LogP contribution < -0.4 is 0 Å². The smallest absolute Gasteiger partial charge is 0.211 e. The number of pyridine rings is 2. The van der Waals surface area contributed by atoms with Gasteiger partial charge in [-0.3, -0.25) is 9.38 Å². The third kappa shape index (κ3) is 3.34. The highest BCUT2D eigenvalue weighted by molar-refractivity contribution is 7.88. The molecule has 8 heteroatoms. The molecule has 4 rings (SSSR count). The van der Waals surface area contributed by atoms with Crippen molar-refractivity contribution in [2.75, 3.05) is 19.3 Å². The summed E-state index contributed by atoms with van der Waals surface area (Å²) in [5, 5.41) is 0.629. The molecular weight excluding hydrogens is 372 g/mol. The van der Waals surface area contributed by atoms with Gasteiger partial charge in [-0.2, -0.15) is 0 Å². The minimum Gasteiger partial charge on any atom is -0.297 e. The second-order valence-electron chi connectivity index (χ2n) is 6.63. The van der Waals surface area contributed by atoms with Crippen LogP contribution in [0, 0.1) is 0 Å². The summed E-state index contributed by atoms with van der Waals surface area (Å²) < 4.78 is 27.2. The van der Waals surface area contributed by atoms with E-state index < -0.39 is 10.0 Å². The summed E-state index contributed by atoms with van der Waals surface area (Å²) >= 11 is 6.12. The van der Waals surface area contributed by atoms with Crippen LogP contribution in [0.2, 0.25) is 5.02 Å². The Hall–Kier alpha value is -1.96. The highest BCUT2D eigenvalue weighted by atomic mass is 35.5. The van der Waals surface area contributed by atoms with Crippen molar-refractivity contribution in [2.45, 2.75) is 18.8 Å². The molecule has 0 radical (unpaired) electrons. The Bertz CT molecular complexity index is 1060. The van der Waals surface area contributed by atoms with E-state index in [9.17, 15) is 8.42 Å². The first-order chi connectivity index (χ1) is 12.4. The molecule has 3 aromatic rings. The van der Waals surface area contributed by atoms with Crippen LogP contribution in [0.1, 0.15) is 24.5 Å². The zero-order valence-electron chi connectivity index (χ0n) is 14.3. The molecule has 0 unspecified atom stereocenters. The first kappa shape index (κ1) is 17.5. The third-order valence-electron chi connectivity index (χ3n) is 4.77. The van der Waals surface area contributed by atoms with E-state index in [4.69, 9.17) is 16.6 Å². The van der Waals surface area contributed by atoms with Crippen LogP contribution in [-0.2, 0) is 10.0 Å². The molecule has 1 atom stereocenters. The standard InChI is InChI=1S/C18H19ClN4O2S/c1-26(24,25)22-9-3-4-13(11-22)15-5-2-6-16(21-15)17-10-20-18-8-7-14(19)12-23(17)18/h2,5-8,10,12-13H,3-4,9,11H2,1H3/t13-/m0/s1.